The largest absolute Gasteiger partial charge is 0.508 e. The number of aromatic hydroxyl groups is 1. The maximum Gasteiger partial charge on any atom is 0.338 e. The first-order valence-corrected chi connectivity index (χ1v) is 18.3. The lowest BCUT2D eigenvalue weighted by Gasteiger charge is -2.33. The zero-order valence-electron chi connectivity index (χ0n) is 29.4. The molecule has 0 bridgehead atoms. The van der Waals surface area contributed by atoms with E-state index in [1.165, 1.54) is 4.90 Å². The Hall–Kier alpha value is -4.77. The molecule has 3 aromatic carbocycles. The van der Waals surface area contributed by atoms with Crippen molar-refractivity contribution in [1.82, 2.24) is 10.2 Å². The Labute approximate surface area is 304 Å². The number of amides is 2. The molecule has 0 unspecified atom stereocenters. The van der Waals surface area contributed by atoms with Crippen LogP contribution in [0.5, 0.6) is 5.75 Å². The minimum atomic E-state index is -0.843. The molecule has 272 valence electrons. The van der Waals surface area contributed by atoms with E-state index in [2.05, 4.69) is 5.32 Å². The van der Waals surface area contributed by atoms with Gasteiger partial charge in [-0.05, 0) is 73.1 Å². The first-order chi connectivity index (χ1) is 25.3. The number of rotatable bonds is 14. The Morgan fingerprint density at radius 1 is 0.962 bits per heavy atom. The number of benzene rings is 3. The third-order valence-corrected chi connectivity index (χ3v) is 10.5. The van der Waals surface area contributed by atoms with Crippen LogP contribution < -0.4 is 5.32 Å². The van der Waals surface area contributed by atoms with Crippen molar-refractivity contribution in [1.29, 1.82) is 0 Å². The Morgan fingerprint density at radius 3 is 2.33 bits per heavy atom. The van der Waals surface area contributed by atoms with Crippen molar-refractivity contribution in [3.63, 3.8) is 0 Å². The molecule has 1 saturated heterocycles. The summed E-state index contributed by atoms with van der Waals surface area (Å²) in [6, 6.07) is 22.9. The van der Waals surface area contributed by atoms with E-state index in [0.29, 0.717) is 17.6 Å². The molecule has 0 spiro atoms. The van der Waals surface area contributed by atoms with Gasteiger partial charge in [0, 0.05) is 43.8 Å². The molecule has 10 heteroatoms. The number of hydrogen-bond acceptors (Lipinski definition) is 8. The molecule has 2 saturated carbocycles. The van der Waals surface area contributed by atoms with Gasteiger partial charge in [-0.15, -0.1) is 0 Å². The second kappa shape index (κ2) is 15.5. The third kappa shape index (κ3) is 7.84. The van der Waals surface area contributed by atoms with E-state index in [1.807, 2.05) is 72.8 Å². The lowest BCUT2D eigenvalue weighted by Crippen LogP contribution is -2.51. The summed E-state index contributed by atoms with van der Waals surface area (Å²) in [5, 5.41) is 22.1. The van der Waals surface area contributed by atoms with E-state index in [4.69, 9.17) is 14.2 Å². The van der Waals surface area contributed by atoms with E-state index in [0.717, 1.165) is 42.4 Å². The zero-order chi connectivity index (χ0) is 36.2. The van der Waals surface area contributed by atoms with Gasteiger partial charge in [0.05, 0.1) is 12.2 Å². The number of ether oxygens (including phenoxy) is 3. The zero-order valence-corrected chi connectivity index (χ0v) is 29.4. The second-order valence-electron chi connectivity index (χ2n) is 14.3. The van der Waals surface area contributed by atoms with Crippen molar-refractivity contribution in [2.45, 2.75) is 75.1 Å². The topological polar surface area (TPSA) is 135 Å². The van der Waals surface area contributed by atoms with Gasteiger partial charge in [-0.2, -0.15) is 0 Å². The number of fused-ring (bicyclic) bond motifs is 1. The second-order valence-corrected chi connectivity index (χ2v) is 14.3. The van der Waals surface area contributed by atoms with Gasteiger partial charge in [0.15, 0.2) is 5.79 Å². The quantitative estimate of drug-likeness (QED) is 0.200. The van der Waals surface area contributed by atoms with Gasteiger partial charge in [0.25, 0.3) is 0 Å². The number of aliphatic hydroxyl groups is 1. The first-order valence-electron chi connectivity index (χ1n) is 18.3. The molecular weight excluding hydrogens is 660 g/mol. The highest BCUT2D eigenvalue weighted by Crippen LogP contribution is 2.59. The van der Waals surface area contributed by atoms with E-state index < -0.39 is 36.1 Å². The molecule has 7 rings (SSSR count). The van der Waals surface area contributed by atoms with Crippen molar-refractivity contribution in [3.8, 4) is 5.75 Å². The normalized spacial score (nSPS) is 22.7. The van der Waals surface area contributed by atoms with Crippen LogP contribution in [0.25, 0.3) is 6.08 Å². The Morgan fingerprint density at radius 2 is 1.65 bits per heavy atom. The van der Waals surface area contributed by atoms with Gasteiger partial charge in [0.1, 0.15) is 30.1 Å². The summed E-state index contributed by atoms with van der Waals surface area (Å²) in [7, 11) is 1.60. The summed E-state index contributed by atoms with van der Waals surface area (Å²) in [5.74, 6) is -1.21. The molecule has 3 N–H and O–H groups in total. The van der Waals surface area contributed by atoms with Crippen molar-refractivity contribution in [2.75, 3.05) is 20.2 Å². The average Bonchev–Trinajstić information content (AvgIpc) is 4.11. The number of nitrogens with zero attached hydrogens (tertiary/aromatic N) is 1. The van der Waals surface area contributed by atoms with Gasteiger partial charge in [0.2, 0.25) is 11.8 Å². The minimum absolute atomic E-state index is 0.0712. The lowest BCUT2D eigenvalue weighted by molar-refractivity contribution is -0.209. The minimum Gasteiger partial charge on any atom is -0.508 e. The molecule has 4 aliphatic rings. The average molecular weight is 707 g/mol. The molecule has 52 heavy (non-hydrogen) atoms. The van der Waals surface area contributed by atoms with E-state index >= 15 is 0 Å². The van der Waals surface area contributed by atoms with Crippen molar-refractivity contribution in [3.05, 3.63) is 119 Å². The summed E-state index contributed by atoms with van der Waals surface area (Å²) in [5.41, 5.74) is 3.37. The number of esters is 1. The standard InChI is InChI=1S/C42H46N2O8/c1-44(34(39(47)43-22-23-45)24-28-8-3-2-4-9-28)40(48)31-25-36(38-37(26-31)51-42(52-38,32-18-19-32)33-20-21-33)50-41(49)30-16-14-27(15-17-30)10-7-12-29-11-5-6-13-35(29)46/h2-11,13-17,26,32-34,36-38,45-46H,12,18-25H2,1H3,(H,43,47)/t34-,36-,37-,38+/m1/s1. The molecule has 1 heterocycles. The van der Waals surface area contributed by atoms with Gasteiger partial charge in [-0.25, -0.2) is 4.79 Å². The lowest BCUT2D eigenvalue weighted by atomic mass is 9.90. The number of carbonyl (C=O) groups is 3. The van der Waals surface area contributed by atoms with Crippen molar-refractivity contribution < 1.29 is 38.8 Å². The van der Waals surface area contributed by atoms with Gasteiger partial charge >= 0.3 is 5.97 Å². The van der Waals surface area contributed by atoms with Gasteiger partial charge in [-0.1, -0.05) is 72.8 Å². The fraction of sp³-hybridized carbons (Fsp3) is 0.405. The number of allylic oxidation sites excluding steroid dienone is 1. The van der Waals surface area contributed by atoms with Crippen LogP contribution in [0.2, 0.25) is 0 Å². The molecule has 3 aromatic rings. The molecule has 0 aromatic heterocycles. The number of carbonyl (C=O) groups excluding carboxylic acids is 3. The van der Waals surface area contributed by atoms with Crippen molar-refractivity contribution >= 4 is 23.9 Å². The van der Waals surface area contributed by atoms with Gasteiger partial charge in [-0.3, -0.25) is 9.59 Å². The van der Waals surface area contributed by atoms with Crippen LogP contribution in [0.1, 0.15) is 59.2 Å². The van der Waals surface area contributed by atoms with Crippen LogP contribution in [0.15, 0.2) is 96.6 Å². The highest BCUT2D eigenvalue weighted by molar-refractivity contribution is 5.97. The SMILES string of the molecule is CN(C(=O)C1=C[C@H]2OC(C3CC3)(C3CC3)O[C@H]2[C@H](OC(=O)c2ccc(C=CCc3ccccc3O)cc2)C1)[C@H](Cc1ccccc1)C(=O)NCCO. The van der Waals surface area contributed by atoms with Crippen LogP contribution in [0.4, 0.5) is 0 Å². The Kier molecular flexibility index (Phi) is 10.6. The van der Waals surface area contributed by atoms with Gasteiger partial charge < -0.3 is 34.6 Å². The summed E-state index contributed by atoms with van der Waals surface area (Å²) in [6.07, 6.45) is 8.73. The third-order valence-electron chi connectivity index (χ3n) is 10.5. The maximum absolute atomic E-state index is 14.3. The maximum atomic E-state index is 14.3. The monoisotopic (exact) mass is 706 g/mol. The summed E-state index contributed by atoms with van der Waals surface area (Å²) < 4.78 is 19.7. The first kappa shape index (κ1) is 35.6. The van der Waals surface area contributed by atoms with E-state index in [9.17, 15) is 24.6 Å². The van der Waals surface area contributed by atoms with Crippen LogP contribution in [0, 0.1) is 11.8 Å². The number of phenolic OH excluding ortho intramolecular Hbond substituents is 1. The molecule has 0 radical (unpaired) electrons. The predicted octanol–water partition coefficient (Wildman–Crippen LogP) is 4.98. The molecule has 10 nitrogen and oxygen atoms in total. The number of hydrogen-bond donors (Lipinski definition) is 3. The van der Waals surface area contributed by atoms with Crippen molar-refractivity contribution in [2.24, 2.45) is 11.8 Å². The number of phenols is 1. The summed E-state index contributed by atoms with van der Waals surface area (Å²) in [4.78, 5) is 42.7. The number of aliphatic hydroxyl groups excluding tert-OH is 1. The Balaban J connectivity index is 1.09. The van der Waals surface area contributed by atoms with Crippen LogP contribution >= 0.6 is 0 Å². The molecule has 4 atom stereocenters. The fourth-order valence-corrected chi connectivity index (χ4v) is 7.41. The highest BCUT2D eigenvalue weighted by atomic mass is 16.8. The number of likely N-dealkylation sites (N-methyl/N-ethyl adjacent to an activating group) is 1. The van der Waals surface area contributed by atoms with Crippen LogP contribution in [0.3, 0.4) is 0 Å². The summed E-state index contributed by atoms with van der Waals surface area (Å²) >= 11 is 0. The number of nitrogens with one attached hydrogen (secondary N) is 1. The Bertz CT molecular complexity index is 1800. The molecule has 3 aliphatic carbocycles. The highest BCUT2D eigenvalue weighted by Gasteiger charge is 2.64. The molecule has 1 aliphatic heterocycles. The summed E-state index contributed by atoms with van der Waals surface area (Å²) in [6.45, 7) is -0.148. The van der Waals surface area contributed by atoms with E-state index in [-0.39, 0.29) is 55.4 Å². The number of para-hydroxylation sites is 1. The predicted molar refractivity (Wildman–Crippen MR) is 194 cm³/mol. The van der Waals surface area contributed by atoms with E-state index in [1.54, 1.807) is 31.3 Å². The fourth-order valence-electron chi connectivity index (χ4n) is 7.41. The van der Waals surface area contributed by atoms with Crippen LogP contribution in [-0.4, -0.2) is 83.2 Å². The molecular formula is C42H46N2O8. The van der Waals surface area contributed by atoms with Crippen LogP contribution in [-0.2, 0) is 36.6 Å². The molecule has 2 amide bonds. The molecule has 3 fully saturated rings. The smallest absolute Gasteiger partial charge is 0.338 e.